The fourth-order valence-corrected chi connectivity index (χ4v) is 2.50. The van der Waals surface area contributed by atoms with Crippen LogP contribution in [0.5, 0.6) is 0 Å². The fourth-order valence-electron chi connectivity index (χ4n) is 2.50. The van der Waals surface area contributed by atoms with Crippen molar-refractivity contribution in [3.05, 3.63) is 33.9 Å². The van der Waals surface area contributed by atoms with Gasteiger partial charge in [-0.2, -0.15) is 0 Å². The van der Waals surface area contributed by atoms with Gasteiger partial charge in [0.25, 0.3) is 5.69 Å². The van der Waals surface area contributed by atoms with Gasteiger partial charge >= 0.3 is 0 Å². The van der Waals surface area contributed by atoms with Gasteiger partial charge in [0.2, 0.25) is 0 Å². The minimum absolute atomic E-state index is 0.0840. The molecule has 0 radical (unpaired) electrons. The maximum Gasteiger partial charge on any atom is 0.295 e. The first-order valence-electron chi connectivity index (χ1n) is 6.28. The van der Waals surface area contributed by atoms with Crippen LogP contribution in [0.4, 0.5) is 11.4 Å². The second-order valence-corrected chi connectivity index (χ2v) is 4.83. The molecule has 2 unspecified atom stereocenters. The van der Waals surface area contributed by atoms with Crippen molar-refractivity contribution in [2.45, 2.75) is 44.8 Å². The molecule has 1 aliphatic rings. The second-order valence-electron chi connectivity index (χ2n) is 4.83. The van der Waals surface area contributed by atoms with Gasteiger partial charge in [0.05, 0.1) is 17.1 Å². The number of benzene rings is 1. The first-order valence-corrected chi connectivity index (χ1v) is 6.28. The molecule has 0 bridgehead atoms. The van der Waals surface area contributed by atoms with Gasteiger partial charge in [-0.05, 0) is 25.8 Å². The highest BCUT2D eigenvalue weighted by molar-refractivity contribution is 5.65. The molecule has 2 rings (SSSR count). The number of aliphatic hydroxyl groups is 1. The summed E-state index contributed by atoms with van der Waals surface area (Å²) in [6.07, 6.45) is 3.27. The number of nitro groups is 1. The van der Waals surface area contributed by atoms with E-state index in [1.807, 2.05) is 0 Å². The Balaban J connectivity index is 2.23. The van der Waals surface area contributed by atoms with E-state index in [9.17, 15) is 15.2 Å². The summed E-state index contributed by atoms with van der Waals surface area (Å²) < 4.78 is 0. The number of anilines is 1. The standard InChI is InChI=1S/C13H18N2O3/c1-9-5-4-7-11(13(9)15(17)18)14-10-6-2-3-8-12(10)16/h4-5,7,10,12,14,16H,2-3,6,8H2,1H3. The molecule has 18 heavy (non-hydrogen) atoms. The van der Waals surface area contributed by atoms with Crippen LogP contribution in [0, 0.1) is 17.0 Å². The minimum Gasteiger partial charge on any atom is -0.391 e. The molecule has 1 saturated carbocycles. The van der Waals surface area contributed by atoms with Crippen molar-refractivity contribution in [3.8, 4) is 0 Å². The third-order valence-electron chi connectivity index (χ3n) is 3.49. The molecule has 2 N–H and O–H groups in total. The van der Waals surface area contributed by atoms with E-state index in [1.165, 1.54) is 0 Å². The van der Waals surface area contributed by atoms with Crippen molar-refractivity contribution in [2.75, 3.05) is 5.32 Å². The molecule has 2 atom stereocenters. The zero-order chi connectivity index (χ0) is 13.1. The Labute approximate surface area is 106 Å². The van der Waals surface area contributed by atoms with E-state index in [1.54, 1.807) is 25.1 Å². The first kappa shape index (κ1) is 12.8. The summed E-state index contributed by atoms with van der Waals surface area (Å²) in [5.41, 5.74) is 1.25. The van der Waals surface area contributed by atoms with Crippen LogP contribution in [-0.4, -0.2) is 22.2 Å². The summed E-state index contributed by atoms with van der Waals surface area (Å²) in [5, 5.41) is 24.1. The molecule has 1 aliphatic carbocycles. The number of nitrogens with one attached hydrogen (secondary N) is 1. The van der Waals surface area contributed by atoms with E-state index in [2.05, 4.69) is 5.32 Å². The Morgan fingerprint density at radius 2 is 2.11 bits per heavy atom. The monoisotopic (exact) mass is 250 g/mol. The smallest absolute Gasteiger partial charge is 0.295 e. The molecule has 5 heteroatoms. The van der Waals surface area contributed by atoms with Gasteiger partial charge in [-0.3, -0.25) is 10.1 Å². The normalized spacial score (nSPS) is 23.7. The Kier molecular flexibility index (Phi) is 3.81. The number of hydrogen-bond donors (Lipinski definition) is 2. The Hall–Kier alpha value is -1.62. The molecule has 0 heterocycles. The lowest BCUT2D eigenvalue weighted by Gasteiger charge is -2.29. The fraction of sp³-hybridized carbons (Fsp3) is 0.538. The highest BCUT2D eigenvalue weighted by atomic mass is 16.6. The molecule has 0 aliphatic heterocycles. The molecule has 5 nitrogen and oxygen atoms in total. The highest BCUT2D eigenvalue weighted by Gasteiger charge is 2.26. The molecule has 0 aromatic heterocycles. The van der Waals surface area contributed by atoms with E-state index in [-0.39, 0.29) is 16.7 Å². The van der Waals surface area contributed by atoms with Crippen LogP contribution in [-0.2, 0) is 0 Å². The zero-order valence-corrected chi connectivity index (χ0v) is 10.4. The molecule has 0 saturated heterocycles. The van der Waals surface area contributed by atoms with Crippen LogP contribution in [0.25, 0.3) is 0 Å². The van der Waals surface area contributed by atoms with E-state index in [0.717, 1.165) is 25.7 Å². The molecule has 1 aromatic carbocycles. The number of para-hydroxylation sites is 1. The van der Waals surface area contributed by atoms with Crippen LogP contribution in [0.15, 0.2) is 18.2 Å². The molecule has 98 valence electrons. The summed E-state index contributed by atoms with van der Waals surface area (Å²) in [6.45, 7) is 1.72. The van der Waals surface area contributed by atoms with Gasteiger partial charge in [0, 0.05) is 5.56 Å². The molecule has 1 aromatic rings. The highest BCUT2D eigenvalue weighted by Crippen LogP contribution is 2.30. The van der Waals surface area contributed by atoms with Gasteiger partial charge in [0.15, 0.2) is 0 Å². The van der Waals surface area contributed by atoms with Crippen molar-refractivity contribution in [1.82, 2.24) is 0 Å². The van der Waals surface area contributed by atoms with Gasteiger partial charge in [-0.15, -0.1) is 0 Å². The van der Waals surface area contributed by atoms with Crippen molar-refractivity contribution < 1.29 is 10.0 Å². The average molecular weight is 250 g/mol. The number of nitrogens with zero attached hydrogens (tertiary/aromatic N) is 1. The van der Waals surface area contributed by atoms with Gasteiger partial charge in [-0.1, -0.05) is 25.0 Å². The van der Waals surface area contributed by atoms with Crippen LogP contribution >= 0.6 is 0 Å². The van der Waals surface area contributed by atoms with Gasteiger partial charge in [0.1, 0.15) is 5.69 Å². The summed E-state index contributed by atoms with van der Waals surface area (Å²) in [7, 11) is 0. The third-order valence-corrected chi connectivity index (χ3v) is 3.49. The summed E-state index contributed by atoms with van der Waals surface area (Å²) in [4.78, 5) is 10.7. The van der Waals surface area contributed by atoms with Crippen molar-refractivity contribution in [2.24, 2.45) is 0 Å². The van der Waals surface area contributed by atoms with Crippen LogP contribution < -0.4 is 5.32 Å². The van der Waals surface area contributed by atoms with Gasteiger partial charge in [-0.25, -0.2) is 0 Å². The number of rotatable bonds is 3. The minimum atomic E-state index is -0.418. The third kappa shape index (κ3) is 2.61. The zero-order valence-electron chi connectivity index (χ0n) is 10.4. The molecular formula is C13H18N2O3. The first-order chi connectivity index (χ1) is 8.59. The second kappa shape index (κ2) is 5.35. The van der Waals surface area contributed by atoms with E-state index in [0.29, 0.717) is 11.3 Å². The van der Waals surface area contributed by atoms with Gasteiger partial charge < -0.3 is 10.4 Å². The van der Waals surface area contributed by atoms with Crippen LogP contribution in [0.1, 0.15) is 31.2 Å². The number of aryl methyl sites for hydroxylation is 1. The van der Waals surface area contributed by atoms with Crippen molar-refractivity contribution >= 4 is 11.4 Å². The van der Waals surface area contributed by atoms with Crippen molar-refractivity contribution in [3.63, 3.8) is 0 Å². The topological polar surface area (TPSA) is 75.4 Å². The summed E-state index contributed by atoms with van der Waals surface area (Å²) in [5.74, 6) is 0. The predicted octanol–water partition coefficient (Wildman–Crippen LogP) is 2.62. The molecular weight excluding hydrogens is 232 g/mol. The average Bonchev–Trinajstić information content (AvgIpc) is 2.31. The van der Waals surface area contributed by atoms with E-state index < -0.39 is 6.10 Å². The molecule has 1 fully saturated rings. The van der Waals surface area contributed by atoms with E-state index in [4.69, 9.17) is 0 Å². The molecule has 0 spiro atoms. The van der Waals surface area contributed by atoms with Crippen LogP contribution in [0.2, 0.25) is 0 Å². The van der Waals surface area contributed by atoms with Crippen LogP contribution in [0.3, 0.4) is 0 Å². The summed E-state index contributed by atoms with van der Waals surface area (Å²) in [6, 6.07) is 5.13. The number of nitro benzene ring substituents is 1. The molecule has 0 amide bonds. The number of aliphatic hydroxyl groups excluding tert-OH is 1. The van der Waals surface area contributed by atoms with E-state index >= 15 is 0 Å². The lowest BCUT2D eigenvalue weighted by Crippen LogP contribution is -2.36. The lowest BCUT2D eigenvalue weighted by atomic mass is 9.92. The quantitative estimate of drug-likeness (QED) is 0.638. The summed E-state index contributed by atoms with van der Waals surface area (Å²) >= 11 is 0. The van der Waals surface area contributed by atoms with Crippen molar-refractivity contribution in [1.29, 1.82) is 0 Å². The lowest BCUT2D eigenvalue weighted by molar-refractivity contribution is -0.384. The Morgan fingerprint density at radius 3 is 2.78 bits per heavy atom. The Bertz CT molecular complexity index is 448. The Morgan fingerprint density at radius 1 is 1.39 bits per heavy atom. The largest absolute Gasteiger partial charge is 0.391 e. The predicted molar refractivity (Wildman–Crippen MR) is 69.7 cm³/mol. The maximum atomic E-state index is 11.1. The maximum absolute atomic E-state index is 11.1. The SMILES string of the molecule is Cc1cccc(NC2CCCCC2O)c1[N+](=O)[O-]. The number of hydrogen-bond acceptors (Lipinski definition) is 4.